The van der Waals surface area contributed by atoms with Crippen LogP contribution in [0.1, 0.15) is 37.1 Å². The van der Waals surface area contributed by atoms with Crippen molar-refractivity contribution in [3.05, 3.63) is 54.0 Å². The summed E-state index contributed by atoms with van der Waals surface area (Å²) in [5.41, 5.74) is 1.82. The summed E-state index contributed by atoms with van der Waals surface area (Å²) in [4.78, 5) is 12.2. The van der Waals surface area contributed by atoms with Crippen molar-refractivity contribution in [3.63, 3.8) is 0 Å². The normalized spacial score (nSPS) is 17.5. The topological polar surface area (TPSA) is 55.0 Å². The molecule has 1 aliphatic rings. The minimum Gasteiger partial charge on any atom is -0.497 e. The summed E-state index contributed by atoms with van der Waals surface area (Å²) < 4.78 is 10.7. The average molecular weight is 298 g/mol. The van der Waals surface area contributed by atoms with Crippen molar-refractivity contribution >= 4 is 11.6 Å². The van der Waals surface area contributed by atoms with Crippen LogP contribution in [0.2, 0.25) is 0 Å². The molecule has 2 heterocycles. The van der Waals surface area contributed by atoms with E-state index in [4.69, 9.17) is 9.15 Å². The number of carbonyl (C=O) groups excluding carboxylic acids is 1. The third-order valence-electron chi connectivity index (χ3n) is 3.74. The zero-order chi connectivity index (χ0) is 15.5. The minimum absolute atomic E-state index is 0.0145. The Hall–Kier alpha value is -2.56. The molecule has 0 saturated carbocycles. The molecule has 1 aromatic heterocycles. The van der Waals surface area contributed by atoms with E-state index in [1.165, 1.54) is 5.01 Å². The van der Waals surface area contributed by atoms with Gasteiger partial charge in [0, 0.05) is 18.4 Å². The summed E-state index contributed by atoms with van der Waals surface area (Å²) in [6, 6.07) is 11.2. The van der Waals surface area contributed by atoms with Crippen LogP contribution in [0.3, 0.4) is 0 Å². The Morgan fingerprint density at radius 1 is 1.41 bits per heavy atom. The lowest BCUT2D eigenvalue weighted by molar-refractivity contribution is -0.133. The molecular formula is C17H18N2O3. The van der Waals surface area contributed by atoms with Gasteiger partial charge in [-0.15, -0.1) is 0 Å². The largest absolute Gasteiger partial charge is 0.497 e. The Bertz CT molecular complexity index is 692. The fourth-order valence-corrected chi connectivity index (χ4v) is 2.58. The molecule has 22 heavy (non-hydrogen) atoms. The van der Waals surface area contributed by atoms with E-state index in [1.807, 2.05) is 43.3 Å². The van der Waals surface area contributed by atoms with Crippen molar-refractivity contribution in [2.24, 2.45) is 5.10 Å². The van der Waals surface area contributed by atoms with E-state index < -0.39 is 0 Å². The molecule has 0 spiro atoms. The first-order valence-electron chi connectivity index (χ1n) is 7.30. The van der Waals surface area contributed by atoms with Crippen LogP contribution in [0.4, 0.5) is 0 Å². The fraction of sp³-hybridized carbons (Fsp3) is 0.294. The summed E-state index contributed by atoms with van der Waals surface area (Å²) in [7, 11) is 1.63. The molecule has 3 rings (SSSR count). The van der Waals surface area contributed by atoms with E-state index in [0.29, 0.717) is 12.8 Å². The molecule has 0 fully saturated rings. The predicted molar refractivity (Wildman–Crippen MR) is 82.7 cm³/mol. The Balaban J connectivity index is 1.94. The number of hydrogen-bond acceptors (Lipinski definition) is 4. The molecule has 0 aliphatic carbocycles. The molecule has 1 atom stereocenters. The first kappa shape index (κ1) is 14.4. The molecule has 0 radical (unpaired) electrons. The number of amides is 1. The predicted octanol–water partition coefficient (Wildman–Crippen LogP) is 3.38. The highest BCUT2D eigenvalue weighted by Crippen LogP contribution is 2.33. The fourth-order valence-electron chi connectivity index (χ4n) is 2.58. The van der Waals surface area contributed by atoms with Gasteiger partial charge in [0.15, 0.2) is 0 Å². The van der Waals surface area contributed by atoms with Crippen LogP contribution >= 0.6 is 0 Å². The third-order valence-corrected chi connectivity index (χ3v) is 3.74. The number of methoxy groups -OCH3 is 1. The van der Waals surface area contributed by atoms with Crippen molar-refractivity contribution in [1.82, 2.24) is 5.01 Å². The number of ether oxygens (including phenoxy) is 1. The van der Waals surface area contributed by atoms with Gasteiger partial charge in [-0.25, -0.2) is 5.01 Å². The molecule has 1 aromatic carbocycles. The number of carbonyl (C=O) groups is 1. The van der Waals surface area contributed by atoms with E-state index in [0.717, 1.165) is 22.8 Å². The van der Waals surface area contributed by atoms with Crippen LogP contribution in [-0.2, 0) is 4.79 Å². The molecule has 0 bridgehead atoms. The average Bonchev–Trinajstić information content (AvgIpc) is 3.23. The molecule has 1 amide bonds. The van der Waals surface area contributed by atoms with E-state index in [9.17, 15) is 4.79 Å². The van der Waals surface area contributed by atoms with Crippen molar-refractivity contribution < 1.29 is 13.9 Å². The Kier molecular flexibility index (Phi) is 3.96. The molecule has 5 heteroatoms. The Labute approximate surface area is 129 Å². The van der Waals surface area contributed by atoms with Crippen LogP contribution in [0.15, 0.2) is 52.2 Å². The minimum atomic E-state index is -0.177. The van der Waals surface area contributed by atoms with Crippen LogP contribution < -0.4 is 4.74 Å². The van der Waals surface area contributed by atoms with E-state index in [2.05, 4.69) is 5.10 Å². The molecule has 1 aliphatic heterocycles. The molecule has 5 nitrogen and oxygen atoms in total. The SMILES string of the molecule is CCC(=O)N1N=C(c2cccc(OC)c2)C[C@@H]1c1ccco1. The summed E-state index contributed by atoms with van der Waals surface area (Å²) in [6.45, 7) is 1.83. The van der Waals surface area contributed by atoms with Gasteiger partial charge in [-0.1, -0.05) is 19.1 Å². The third kappa shape index (κ3) is 2.62. The first-order valence-corrected chi connectivity index (χ1v) is 7.30. The summed E-state index contributed by atoms with van der Waals surface area (Å²) >= 11 is 0. The molecule has 0 unspecified atom stereocenters. The lowest BCUT2D eigenvalue weighted by Crippen LogP contribution is -2.25. The van der Waals surface area contributed by atoms with Crippen molar-refractivity contribution in [2.75, 3.05) is 7.11 Å². The summed E-state index contributed by atoms with van der Waals surface area (Å²) in [5.74, 6) is 1.51. The monoisotopic (exact) mass is 298 g/mol. The number of hydrogen-bond donors (Lipinski definition) is 0. The second kappa shape index (κ2) is 6.05. The molecule has 2 aromatic rings. The summed E-state index contributed by atoms with van der Waals surface area (Å²) in [5, 5.41) is 6.06. The van der Waals surface area contributed by atoms with Crippen molar-refractivity contribution in [2.45, 2.75) is 25.8 Å². The number of benzene rings is 1. The lowest BCUT2D eigenvalue weighted by Gasteiger charge is -2.18. The zero-order valence-corrected chi connectivity index (χ0v) is 12.7. The molecule has 0 N–H and O–H groups in total. The van der Waals surface area contributed by atoms with Crippen LogP contribution in [0.5, 0.6) is 5.75 Å². The second-order valence-electron chi connectivity index (χ2n) is 5.11. The van der Waals surface area contributed by atoms with Crippen LogP contribution in [0.25, 0.3) is 0 Å². The lowest BCUT2D eigenvalue weighted by atomic mass is 10.0. The van der Waals surface area contributed by atoms with Crippen LogP contribution in [-0.4, -0.2) is 23.7 Å². The van der Waals surface area contributed by atoms with Gasteiger partial charge in [0.05, 0.1) is 19.1 Å². The van der Waals surface area contributed by atoms with Crippen LogP contribution in [0, 0.1) is 0 Å². The first-order chi connectivity index (χ1) is 10.7. The van der Waals surface area contributed by atoms with Gasteiger partial charge in [0.25, 0.3) is 0 Å². The highest BCUT2D eigenvalue weighted by atomic mass is 16.5. The van der Waals surface area contributed by atoms with Gasteiger partial charge < -0.3 is 9.15 Å². The Morgan fingerprint density at radius 3 is 2.95 bits per heavy atom. The molecule has 0 saturated heterocycles. The second-order valence-corrected chi connectivity index (χ2v) is 5.11. The molecule has 114 valence electrons. The van der Waals surface area contributed by atoms with Gasteiger partial charge in [-0.3, -0.25) is 4.79 Å². The standard InChI is InChI=1S/C17H18N2O3/c1-3-17(20)19-15(16-8-5-9-22-16)11-14(18-19)12-6-4-7-13(10-12)21-2/h4-10,15H,3,11H2,1-2H3/t15-/m1/s1. The molecular weight excluding hydrogens is 280 g/mol. The number of hydrazone groups is 1. The van der Waals surface area contributed by atoms with E-state index in [-0.39, 0.29) is 11.9 Å². The highest BCUT2D eigenvalue weighted by Gasteiger charge is 2.34. The zero-order valence-electron chi connectivity index (χ0n) is 12.7. The van der Waals surface area contributed by atoms with Crippen molar-refractivity contribution in [1.29, 1.82) is 0 Å². The maximum absolute atomic E-state index is 12.2. The Morgan fingerprint density at radius 2 is 2.27 bits per heavy atom. The van der Waals surface area contributed by atoms with Gasteiger partial charge >= 0.3 is 0 Å². The van der Waals surface area contributed by atoms with E-state index in [1.54, 1.807) is 13.4 Å². The maximum Gasteiger partial charge on any atom is 0.243 e. The quantitative estimate of drug-likeness (QED) is 0.869. The van der Waals surface area contributed by atoms with Crippen molar-refractivity contribution in [3.8, 4) is 5.75 Å². The van der Waals surface area contributed by atoms with Gasteiger partial charge in [-0.05, 0) is 24.3 Å². The van der Waals surface area contributed by atoms with Gasteiger partial charge in [-0.2, -0.15) is 5.10 Å². The summed E-state index contributed by atoms with van der Waals surface area (Å²) in [6.07, 6.45) is 2.66. The number of rotatable bonds is 4. The van der Waals surface area contributed by atoms with Gasteiger partial charge in [0.1, 0.15) is 17.6 Å². The number of nitrogens with zero attached hydrogens (tertiary/aromatic N) is 2. The maximum atomic E-state index is 12.2. The smallest absolute Gasteiger partial charge is 0.243 e. The number of furan rings is 1. The van der Waals surface area contributed by atoms with Gasteiger partial charge in [0.2, 0.25) is 5.91 Å². The highest BCUT2D eigenvalue weighted by molar-refractivity contribution is 6.03. The van der Waals surface area contributed by atoms with E-state index >= 15 is 0 Å².